The number of fused-ring (bicyclic) bond motifs is 1. The van der Waals surface area contributed by atoms with E-state index in [0.717, 1.165) is 31.1 Å². The molecule has 33 heavy (non-hydrogen) atoms. The van der Waals surface area contributed by atoms with E-state index in [9.17, 15) is 4.79 Å². The van der Waals surface area contributed by atoms with Gasteiger partial charge in [-0.3, -0.25) is 4.79 Å². The Kier molecular flexibility index (Phi) is 7.80. The predicted octanol–water partition coefficient (Wildman–Crippen LogP) is 8.05. The Morgan fingerprint density at radius 2 is 1.85 bits per heavy atom. The van der Waals surface area contributed by atoms with Gasteiger partial charge in [0.2, 0.25) is 0 Å². The van der Waals surface area contributed by atoms with Crippen LogP contribution < -0.4 is 10.3 Å². The first kappa shape index (κ1) is 23.9. The molecule has 0 saturated heterocycles. The summed E-state index contributed by atoms with van der Waals surface area (Å²) >= 11 is 6.51. The van der Waals surface area contributed by atoms with Crippen LogP contribution in [0.1, 0.15) is 77.2 Å². The number of benzene rings is 2. The molecule has 1 unspecified atom stereocenters. The second kappa shape index (κ2) is 10.8. The molecule has 176 valence electrons. The number of hydrogen-bond acceptors (Lipinski definition) is 2. The van der Waals surface area contributed by atoms with Gasteiger partial charge in [-0.2, -0.15) is 0 Å². The molecule has 1 fully saturated rings. The highest BCUT2D eigenvalue weighted by Crippen LogP contribution is 2.49. The first-order chi connectivity index (χ1) is 16.1. The maximum Gasteiger partial charge on any atom is 0.255 e. The molecule has 2 aromatic carbocycles. The van der Waals surface area contributed by atoms with Crippen LogP contribution in [0.3, 0.4) is 0 Å². The molecule has 0 radical (unpaired) electrons. The third-order valence-corrected chi connectivity index (χ3v) is 8.02. The molecule has 4 rings (SSSR count). The smallest absolute Gasteiger partial charge is 0.255 e. The van der Waals surface area contributed by atoms with Crippen molar-refractivity contribution in [1.29, 1.82) is 0 Å². The van der Waals surface area contributed by atoms with Gasteiger partial charge < -0.3 is 9.72 Å². The largest absolute Gasteiger partial charge is 0.489 e. The lowest BCUT2D eigenvalue weighted by Crippen LogP contribution is -2.41. The second-order valence-electron chi connectivity index (χ2n) is 9.62. The zero-order chi connectivity index (χ0) is 23.3. The van der Waals surface area contributed by atoms with E-state index in [-0.39, 0.29) is 17.1 Å². The second-order valence-corrected chi connectivity index (χ2v) is 10.0. The Bertz CT molecular complexity index is 1100. The number of halogens is 1. The molecule has 0 amide bonds. The molecule has 0 spiro atoms. The summed E-state index contributed by atoms with van der Waals surface area (Å²) in [5, 5.41) is 1.96. The Morgan fingerprint density at radius 3 is 2.55 bits per heavy atom. The van der Waals surface area contributed by atoms with E-state index in [2.05, 4.69) is 49.2 Å². The molecular weight excluding hydrogens is 430 g/mol. The molecule has 1 aliphatic rings. The summed E-state index contributed by atoms with van der Waals surface area (Å²) in [6.07, 6.45) is 12.5. The summed E-state index contributed by atoms with van der Waals surface area (Å²) in [6, 6.07) is 16.7. The van der Waals surface area contributed by atoms with E-state index < -0.39 is 0 Å². The lowest BCUT2D eigenvalue weighted by Gasteiger charge is -2.46. The zero-order valence-electron chi connectivity index (χ0n) is 19.9. The molecule has 1 heterocycles. The average Bonchev–Trinajstić information content (AvgIpc) is 2.84. The van der Waals surface area contributed by atoms with Crippen molar-refractivity contribution in [2.75, 3.05) is 0 Å². The summed E-state index contributed by atoms with van der Waals surface area (Å²) in [5.74, 6) is 1.38. The van der Waals surface area contributed by atoms with Crippen molar-refractivity contribution in [3.05, 3.63) is 75.7 Å². The van der Waals surface area contributed by atoms with E-state index in [1.807, 2.05) is 12.1 Å². The Balaban J connectivity index is 1.53. The summed E-state index contributed by atoms with van der Waals surface area (Å²) in [7, 11) is 0. The van der Waals surface area contributed by atoms with Crippen LogP contribution in [0.2, 0.25) is 5.02 Å². The van der Waals surface area contributed by atoms with Crippen LogP contribution in [0.15, 0.2) is 59.5 Å². The molecule has 0 aliphatic heterocycles. The summed E-state index contributed by atoms with van der Waals surface area (Å²) in [6.45, 7) is 4.64. The molecule has 1 saturated carbocycles. The van der Waals surface area contributed by atoms with Gasteiger partial charge in [0.25, 0.3) is 5.56 Å². The van der Waals surface area contributed by atoms with Crippen molar-refractivity contribution in [3.8, 4) is 5.75 Å². The minimum absolute atomic E-state index is 0.125. The van der Waals surface area contributed by atoms with Crippen molar-refractivity contribution in [2.45, 2.75) is 83.2 Å². The summed E-state index contributed by atoms with van der Waals surface area (Å²) in [4.78, 5) is 14.8. The monoisotopic (exact) mass is 465 g/mol. The molecule has 3 nitrogen and oxygen atoms in total. The number of unbranched alkanes of at least 4 members (excludes halogenated alkanes) is 2. The van der Waals surface area contributed by atoms with Crippen LogP contribution in [0.5, 0.6) is 5.75 Å². The first-order valence-corrected chi connectivity index (χ1v) is 13.0. The Labute approximate surface area is 202 Å². The lowest BCUT2D eigenvalue weighted by atomic mass is 9.59. The van der Waals surface area contributed by atoms with Crippen molar-refractivity contribution in [3.63, 3.8) is 0 Å². The molecule has 1 atom stereocenters. The van der Waals surface area contributed by atoms with Crippen LogP contribution in [0.4, 0.5) is 0 Å². The first-order valence-electron chi connectivity index (χ1n) is 12.6. The van der Waals surface area contributed by atoms with E-state index >= 15 is 0 Å². The van der Waals surface area contributed by atoms with Crippen LogP contribution in [0, 0.1) is 5.92 Å². The highest BCUT2D eigenvalue weighted by atomic mass is 35.5. The Morgan fingerprint density at radius 1 is 1.09 bits per heavy atom. The predicted molar refractivity (Wildman–Crippen MR) is 139 cm³/mol. The van der Waals surface area contributed by atoms with Crippen LogP contribution >= 0.6 is 11.6 Å². The van der Waals surface area contributed by atoms with E-state index in [4.69, 9.17) is 16.3 Å². The minimum Gasteiger partial charge on any atom is -0.489 e. The molecule has 0 bridgehead atoms. The molecule has 1 aromatic heterocycles. The van der Waals surface area contributed by atoms with E-state index in [1.165, 1.54) is 37.7 Å². The van der Waals surface area contributed by atoms with Gasteiger partial charge in [0.15, 0.2) is 0 Å². The number of nitrogens with one attached hydrogen (secondary N) is 1. The highest BCUT2D eigenvalue weighted by molar-refractivity contribution is 6.32. The summed E-state index contributed by atoms with van der Waals surface area (Å²) in [5.41, 5.74) is 1.60. The van der Waals surface area contributed by atoms with Crippen molar-refractivity contribution < 1.29 is 4.74 Å². The Hall–Kier alpha value is -2.26. The number of aromatic nitrogens is 1. The molecule has 1 N–H and O–H groups in total. The number of pyridine rings is 1. The summed E-state index contributed by atoms with van der Waals surface area (Å²) < 4.78 is 6.43. The SMILES string of the molecule is CCCCCC(CC)C1(c2ccccc2)CCC(Oc2cc3cc[nH]c(=O)c3cc2Cl)CC1. The van der Waals surface area contributed by atoms with Crippen molar-refractivity contribution >= 4 is 22.4 Å². The van der Waals surface area contributed by atoms with Gasteiger partial charge in [0.05, 0.1) is 11.1 Å². The fraction of sp³-hybridized carbons (Fsp3) is 0.483. The number of H-pyrrole nitrogens is 1. The third kappa shape index (κ3) is 5.14. The molecule has 4 heteroatoms. The third-order valence-electron chi connectivity index (χ3n) is 7.72. The van der Waals surface area contributed by atoms with Crippen LogP contribution in [-0.2, 0) is 5.41 Å². The highest BCUT2D eigenvalue weighted by Gasteiger charge is 2.42. The number of ether oxygens (including phenoxy) is 1. The number of hydrogen-bond donors (Lipinski definition) is 1. The molecular formula is C29H36ClNO2. The van der Waals surface area contributed by atoms with Gasteiger partial charge >= 0.3 is 0 Å². The molecule has 3 aromatic rings. The average molecular weight is 466 g/mol. The normalized spacial score (nSPS) is 21.7. The fourth-order valence-electron chi connectivity index (χ4n) is 5.90. The lowest BCUT2D eigenvalue weighted by molar-refractivity contribution is 0.0817. The van der Waals surface area contributed by atoms with Crippen molar-refractivity contribution in [2.24, 2.45) is 5.92 Å². The van der Waals surface area contributed by atoms with Crippen LogP contribution in [0.25, 0.3) is 10.8 Å². The number of rotatable bonds is 9. The van der Waals surface area contributed by atoms with Crippen LogP contribution in [-0.4, -0.2) is 11.1 Å². The van der Waals surface area contributed by atoms with Gasteiger partial charge in [-0.15, -0.1) is 0 Å². The van der Waals surface area contributed by atoms with Crippen molar-refractivity contribution in [1.82, 2.24) is 4.98 Å². The fourth-order valence-corrected chi connectivity index (χ4v) is 6.11. The quantitative estimate of drug-likeness (QED) is 0.325. The number of aromatic amines is 1. The molecule has 1 aliphatic carbocycles. The maximum absolute atomic E-state index is 12.1. The standard InChI is InChI=1S/C29H36ClNO2/c1-3-5-7-10-22(4-2)29(23-11-8-6-9-12-23)16-13-24(14-17-29)33-27-19-21-15-18-31-28(32)25(21)20-26(27)30/h6,8-9,11-12,15,18-20,22,24H,3-5,7,10,13-14,16-17H2,1-2H3,(H,31,32). The van der Waals surface area contributed by atoms with Gasteiger partial charge in [-0.1, -0.05) is 81.5 Å². The van der Waals surface area contributed by atoms with Gasteiger partial charge in [0.1, 0.15) is 5.75 Å². The van der Waals surface area contributed by atoms with E-state index in [1.54, 1.807) is 12.3 Å². The maximum atomic E-state index is 12.1. The van der Waals surface area contributed by atoms with Gasteiger partial charge in [-0.25, -0.2) is 0 Å². The van der Waals surface area contributed by atoms with Gasteiger partial charge in [0, 0.05) is 11.6 Å². The topological polar surface area (TPSA) is 42.1 Å². The zero-order valence-corrected chi connectivity index (χ0v) is 20.7. The van der Waals surface area contributed by atoms with Gasteiger partial charge in [-0.05, 0) is 72.6 Å². The minimum atomic E-state index is -0.125. The van der Waals surface area contributed by atoms with E-state index in [0.29, 0.717) is 22.1 Å².